The molecule has 1 heterocycles. The van der Waals surface area contributed by atoms with Crippen molar-refractivity contribution < 1.29 is 4.74 Å². The second-order valence-electron chi connectivity index (χ2n) is 4.23. The maximum atomic E-state index is 8.86. The summed E-state index contributed by atoms with van der Waals surface area (Å²) in [5, 5.41) is 12.1. The minimum atomic E-state index is 0.378. The van der Waals surface area contributed by atoms with E-state index in [1.54, 1.807) is 6.07 Å². The van der Waals surface area contributed by atoms with E-state index in [4.69, 9.17) is 15.7 Å². The normalized spacial score (nSPS) is 18.9. The third-order valence-electron chi connectivity index (χ3n) is 3.03. The Hall–Kier alpha value is -1.73. The lowest BCUT2D eigenvalue weighted by atomic mass is 10.1. The van der Waals surface area contributed by atoms with Crippen LogP contribution < -0.4 is 11.1 Å². The second-order valence-corrected chi connectivity index (χ2v) is 4.23. The molecule has 1 saturated heterocycles. The van der Waals surface area contributed by atoms with Gasteiger partial charge in [0.1, 0.15) is 6.07 Å². The molecule has 1 aromatic rings. The number of nitrogens with one attached hydrogen (secondary N) is 1. The van der Waals surface area contributed by atoms with E-state index in [2.05, 4.69) is 11.4 Å². The molecule has 0 radical (unpaired) electrons. The Bertz CT molecular complexity index is 419. The van der Waals surface area contributed by atoms with Gasteiger partial charge in [0.05, 0.1) is 23.0 Å². The molecular weight excluding hydrogens is 214 g/mol. The van der Waals surface area contributed by atoms with Gasteiger partial charge in [0.15, 0.2) is 0 Å². The highest BCUT2D eigenvalue weighted by Gasteiger charge is 2.14. The van der Waals surface area contributed by atoms with Gasteiger partial charge in [0, 0.05) is 13.2 Å². The van der Waals surface area contributed by atoms with E-state index >= 15 is 0 Å². The van der Waals surface area contributed by atoms with Crippen LogP contribution in [0.15, 0.2) is 18.2 Å². The summed E-state index contributed by atoms with van der Waals surface area (Å²) in [7, 11) is 0. The first-order valence-electron chi connectivity index (χ1n) is 5.95. The highest BCUT2D eigenvalue weighted by Crippen LogP contribution is 2.22. The number of nitrogen functional groups attached to an aromatic ring is 1. The lowest BCUT2D eigenvalue weighted by molar-refractivity contribution is 0.107. The maximum absolute atomic E-state index is 8.86. The molecule has 0 amide bonds. The number of nitriles is 1. The van der Waals surface area contributed by atoms with E-state index in [9.17, 15) is 0 Å². The first-order chi connectivity index (χ1) is 8.31. The molecule has 90 valence electrons. The van der Waals surface area contributed by atoms with Gasteiger partial charge in [-0.25, -0.2) is 0 Å². The van der Waals surface area contributed by atoms with E-state index in [1.807, 2.05) is 12.1 Å². The van der Waals surface area contributed by atoms with Crippen LogP contribution in [0.2, 0.25) is 0 Å². The van der Waals surface area contributed by atoms with Crippen LogP contribution in [0, 0.1) is 11.3 Å². The molecule has 4 heteroatoms. The molecule has 0 aromatic heterocycles. The summed E-state index contributed by atoms with van der Waals surface area (Å²) in [5.41, 5.74) is 7.76. The van der Waals surface area contributed by atoms with Gasteiger partial charge in [-0.05, 0) is 31.4 Å². The molecule has 1 fully saturated rings. The smallest absolute Gasteiger partial charge is 0.101 e. The highest BCUT2D eigenvalue weighted by atomic mass is 16.5. The SMILES string of the molecule is N#Cc1cccc(NCCC2CCCO2)c1N. The molecule has 2 rings (SSSR count). The van der Waals surface area contributed by atoms with Crippen molar-refractivity contribution in [2.45, 2.75) is 25.4 Å². The van der Waals surface area contributed by atoms with Crippen molar-refractivity contribution in [3.05, 3.63) is 23.8 Å². The molecule has 0 saturated carbocycles. The first kappa shape index (κ1) is 11.7. The number of benzene rings is 1. The molecule has 0 bridgehead atoms. The average molecular weight is 231 g/mol. The Morgan fingerprint density at radius 1 is 1.53 bits per heavy atom. The van der Waals surface area contributed by atoms with Crippen molar-refractivity contribution in [1.29, 1.82) is 5.26 Å². The number of anilines is 2. The van der Waals surface area contributed by atoms with Crippen molar-refractivity contribution in [3.8, 4) is 6.07 Å². The van der Waals surface area contributed by atoms with Crippen LogP contribution in [-0.4, -0.2) is 19.3 Å². The molecule has 0 spiro atoms. The zero-order valence-electron chi connectivity index (χ0n) is 9.78. The summed E-state index contributed by atoms with van der Waals surface area (Å²) in [5.74, 6) is 0. The van der Waals surface area contributed by atoms with Gasteiger partial charge in [-0.3, -0.25) is 0 Å². The number of rotatable bonds is 4. The van der Waals surface area contributed by atoms with E-state index in [-0.39, 0.29) is 0 Å². The molecule has 17 heavy (non-hydrogen) atoms. The maximum Gasteiger partial charge on any atom is 0.101 e. The molecule has 1 unspecified atom stereocenters. The van der Waals surface area contributed by atoms with Gasteiger partial charge in [-0.15, -0.1) is 0 Å². The van der Waals surface area contributed by atoms with E-state index in [1.165, 1.54) is 0 Å². The summed E-state index contributed by atoms with van der Waals surface area (Å²) in [6, 6.07) is 7.53. The Kier molecular flexibility index (Phi) is 3.84. The average Bonchev–Trinajstić information content (AvgIpc) is 2.84. The van der Waals surface area contributed by atoms with Crippen molar-refractivity contribution in [3.63, 3.8) is 0 Å². The molecule has 1 atom stereocenters. The Balaban J connectivity index is 1.88. The standard InChI is InChI=1S/C13H17N3O/c14-9-10-3-1-5-12(13(10)15)16-7-6-11-4-2-8-17-11/h1,3,5,11,16H,2,4,6-8,15H2. The summed E-state index contributed by atoms with van der Waals surface area (Å²) in [6.07, 6.45) is 3.67. The van der Waals surface area contributed by atoms with Gasteiger partial charge in [0.25, 0.3) is 0 Å². The Labute approximate surface area is 101 Å². The number of ether oxygens (including phenoxy) is 1. The second kappa shape index (κ2) is 5.55. The highest BCUT2D eigenvalue weighted by molar-refractivity contribution is 5.72. The van der Waals surface area contributed by atoms with Crippen LogP contribution in [0.3, 0.4) is 0 Å². The minimum Gasteiger partial charge on any atom is -0.396 e. The third-order valence-corrected chi connectivity index (χ3v) is 3.03. The molecule has 1 aliphatic rings. The van der Waals surface area contributed by atoms with Crippen LogP contribution in [0.1, 0.15) is 24.8 Å². The summed E-state index contributed by atoms with van der Waals surface area (Å²) in [4.78, 5) is 0. The number of hydrogen-bond acceptors (Lipinski definition) is 4. The molecule has 0 aliphatic carbocycles. The zero-order chi connectivity index (χ0) is 12.1. The number of nitrogens with zero attached hydrogens (tertiary/aromatic N) is 1. The molecular formula is C13H17N3O. The van der Waals surface area contributed by atoms with Gasteiger partial charge in [-0.2, -0.15) is 5.26 Å². The van der Waals surface area contributed by atoms with Crippen molar-refractivity contribution in [1.82, 2.24) is 0 Å². The summed E-state index contributed by atoms with van der Waals surface area (Å²) >= 11 is 0. The predicted octanol–water partition coefficient (Wildman–Crippen LogP) is 2.12. The lowest BCUT2D eigenvalue weighted by Crippen LogP contribution is -2.13. The van der Waals surface area contributed by atoms with Gasteiger partial charge < -0.3 is 15.8 Å². The number of nitrogens with two attached hydrogens (primary N) is 1. The lowest BCUT2D eigenvalue weighted by Gasteiger charge is -2.12. The molecule has 1 aromatic carbocycles. The monoisotopic (exact) mass is 231 g/mol. The topological polar surface area (TPSA) is 71.1 Å². The van der Waals surface area contributed by atoms with Gasteiger partial charge >= 0.3 is 0 Å². The van der Waals surface area contributed by atoms with Crippen LogP contribution >= 0.6 is 0 Å². The first-order valence-corrected chi connectivity index (χ1v) is 5.95. The molecule has 3 N–H and O–H groups in total. The fourth-order valence-electron chi connectivity index (χ4n) is 2.06. The van der Waals surface area contributed by atoms with Crippen molar-refractivity contribution >= 4 is 11.4 Å². The largest absolute Gasteiger partial charge is 0.396 e. The Morgan fingerprint density at radius 3 is 3.12 bits per heavy atom. The van der Waals surface area contributed by atoms with E-state index < -0.39 is 0 Å². The van der Waals surface area contributed by atoms with Crippen LogP contribution in [-0.2, 0) is 4.74 Å². The predicted molar refractivity (Wildman–Crippen MR) is 67.7 cm³/mol. The third kappa shape index (κ3) is 2.89. The van der Waals surface area contributed by atoms with Gasteiger partial charge in [-0.1, -0.05) is 6.07 Å². The van der Waals surface area contributed by atoms with Crippen LogP contribution in [0.25, 0.3) is 0 Å². The number of hydrogen-bond donors (Lipinski definition) is 2. The fourth-order valence-corrected chi connectivity index (χ4v) is 2.06. The summed E-state index contributed by atoms with van der Waals surface area (Å²) < 4.78 is 5.54. The van der Waals surface area contributed by atoms with E-state index in [0.717, 1.165) is 38.1 Å². The molecule has 4 nitrogen and oxygen atoms in total. The van der Waals surface area contributed by atoms with Gasteiger partial charge in [0.2, 0.25) is 0 Å². The minimum absolute atomic E-state index is 0.378. The van der Waals surface area contributed by atoms with Crippen molar-refractivity contribution in [2.75, 3.05) is 24.2 Å². The Morgan fingerprint density at radius 2 is 2.41 bits per heavy atom. The quantitative estimate of drug-likeness (QED) is 0.779. The number of para-hydroxylation sites is 1. The van der Waals surface area contributed by atoms with E-state index in [0.29, 0.717) is 17.4 Å². The van der Waals surface area contributed by atoms with Crippen LogP contribution in [0.5, 0.6) is 0 Å². The zero-order valence-corrected chi connectivity index (χ0v) is 9.78. The fraction of sp³-hybridized carbons (Fsp3) is 0.462. The summed E-state index contributed by atoms with van der Waals surface area (Å²) in [6.45, 7) is 1.71. The van der Waals surface area contributed by atoms with Crippen molar-refractivity contribution in [2.24, 2.45) is 0 Å². The van der Waals surface area contributed by atoms with Crippen LogP contribution in [0.4, 0.5) is 11.4 Å². The molecule has 1 aliphatic heterocycles.